The Morgan fingerprint density at radius 2 is 2.12 bits per heavy atom. The van der Waals surface area contributed by atoms with E-state index in [4.69, 9.17) is 4.74 Å². The van der Waals surface area contributed by atoms with Crippen LogP contribution in [0.25, 0.3) is 0 Å². The monoisotopic (exact) mass is 482 g/mol. The zero-order valence-corrected chi connectivity index (χ0v) is 20.0. The molecule has 0 saturated carbocycles. The van der Waals surface area contributed by atoms with Crippen molar-refractivity contribution in [1.29, 1.82) is 0 Å². The number of nitrogens with zero attached hydrogens (tertiary/aromatic N) is 2. The number of amides is 1. The maximum atomic E-state index is 15.2. The lowest BCUT2D eigenvalue weighted by molar-refractivity contribution is -0.757. The summed E-state index contributed by atoms with van der Waals surface area (Å²) in [5.41, 5.74) is 0.783. The number of allylic oxidation sites excluding steroid dienone is 2. The van der Waals surface area contributed by atoms with Gasteiger partial charge in [-0.1, -0.05) is 25.0 Å². The lowest BCUT2D eigenvalue weighted by Crippen LogP contribution is -2.46. The summed E-state index contributed by atoms with van der Waals surface area (Å²) in [6.07, 6.45) is 2.59. The molecule has 3 rings (SSSR count). The smallest absolute Gasteiger partial charge is 0.411 e. The van der Waals surface area contributed by atoms with Gasteiger partial charge in [-0.2, -0.15) is 0 Å². The van der Waals surface area contributed by atoms with Crippen molar-refractivity contribution in [3.63, 3.8) is 0 Å². The van der Waals surface area contributed by atoms with Gasteiger partial charge < -0.3 is 14.7 Å². The molecule has 1 aromatic carbocycles. The zero-order valence-electron chi connectivity index (χ0n) is 20.0. The summed E-state index contributed by atoms with van der Waals surface area (Å²) >= 11 is 0. The van der Waals surface area contributed by atoms with E-state index in [-0.39, 0.29) is 41.8 Å². The van der Waals surface area contributed by atoms with Gasteiger partial charge in [-0.25, -0.2) is 13.6 Å². The van der Waals surface area contributed by atoms with E-state index in [9.17, 15) is 20.0 Å². The van der Waals surface area contributed by atoms with Crippen molar-refractivity contribution in [2.75, 3.05) is 18.1 Å². The largest absolute Gasteiger partial charge is 0.487 e. The number of halogens is 2. The summed E-state index contributed by atoms with van der Waals surface area (Å²) in [6, 6.07) is 2.55. The molecule has 0 bridgehead atoms. The van der Waals surface area contributed by atoms with E-state index in [0.29, 0.717) is 31.2 Å². The number of carboxylic acid groups (broad SMARTS) is 1. The van der Waals surface area contributed by atoms with Gasteiger partial charge in [0, 0.05) is 29.4 Å². The van der Waals surface area contributed by atoms with E-state index in [1.54, 1.807) is 0 Å². The van der Waals surface area contributed by atoms with Gasteiger partial charge in [-0.3, -0.25) is 4.90 Å². The Kier molecular flexibility index (Phi) is 7.38. The van der Waals surface area contributed by atoms with Crippen LogP contribution in [0.1, 0.15) is 76.8 Å². The molecule has 1 aliphatic carbocycles. The predicted molar refractivity (Wildman–Crippen MR) is 122 cm³/mol. The highest BCUT2D eigenvalue weighted by Gasteiger charge is 2.47. The molecule has 2 atom stereocenters. The molecule has 0 aromatic heterocycles. The molecular weight excluding hydrogens is 450 g/mol. The second-order valence-electron chi connectivity index (χ2n) is 9.62. The van der Waals surface area contributed by atoms with Crippen LogP contribution in [-0.2, 0) is 10.8 Å². The van der Waals surface area contributed by atoms with Crippen molar-refractivity contribution < 1.29 is 33.3 Å². The maximum absolute atomic E-state index is 15.2. The molecule has 1 heterocycles. The van der Waals surface area contributed by atoms with Crippen molar-refractivity contribution in [2.24, 2.45) is 5.92 Å². The number of unbranched alkanes of at least 4 members (excludes halogenated alkanes) is 1. The number of benzene rings is 1. The van der Waals surface area contributed by atoms with Crippen LogP contribution < -0.4 is 9.64 Å². The van der Waals surface area contributed by atoms with Crippen molar-refractivity contribution in [3.8, 4) is 5.75 Å². The lowest BCUT2D eigenvalue weighted by Gasteiger charge is -2.48. The number of hydrogen-bond donors (Lipinski definition) is 1. The fourth-order valence-electron chi connectivity index (χ4n) is 5.07. The molecule has 1 aromatic rings. The maximum Gasteiger partial charge on any atom is 0.411 e. The van der Waals surface area contributed by atoms with Crippen LogP contribution in [0.5, 0.6) is 5.75 Å². The van der Waals surface area contributed by atoms with E-state index in [1.807, 2.05) is 27.7 Å². The first kappa shape index (κ1) is 25.7. The van der Waals surface area contributed by atoms with Crippen molar-refractivity contribution in [3.05, 3.63) is 45.0 Å². The molecule has 2 aliphatic rings. The van der Waals surface area contributed by atoms with E-state index in [2.05, 4.69) is 10.9 Å². The molecule has 0 saturated heterocycles. The van der Waals surface area contributed by atoms with E-state index >= 15 is 8.78 Å². The minimum Gasteiger partial charge on any atom is -0.487 e. The Morgan fingerprint density at radius 1 is 1.41 bits per heavy atom. The van der Waals surface area contributed by atoms with E-state index in [1.165, 1.54) is 12.1 Å². The van der Waals surface area contributed by atoms with Crippen LogP contribution in [0, 0.1) is 16.0 Å². The molecule has 8 nitrogen and oxygen atoms in total. The summed E-state index contributed by atoms with van der Waals surface area (Å²) in [7, 11) is 0. The van der Waals surface area contributed by atoms with Crippen molar-refractivity contribution >= 4 is 11.8 Å². The summed E-state index contributed by atoms with van der Waals surface area (Å²) in [5, 5.41) is 19.5. The first-order valence-electron chi connectivity index (χ1n) is 11.6. The number of ether oxygens (including phenoxy) is 1. The number of rotatable bonds is 9. The third-order valence-electron chi connectivity index (χ3n) is 6.80. The quantitative estimate of drug-likeness (QED) is 0.253. The fraction of sp³-hybridized carbons (Fsp3) is 0.625. The fourth-order valence-corrected chi connectivity index (χ4v) is 5.07. The third kappa shape index (κ3) is 5.26. The molecule has 0 fully saturated rings. The van der Waals surface area contributed by atoms with E-state index < -0.39 is 29.3 Å². The standard InChI is InChI=1S/C24H32F2N2O6/c1-5-6-9-24(25,26)16-13-19(27(22(29)30)10-11-33-28(31)32)21-17-12-15(2)7-8-18(17)23(3,4)34-20(21)14-16/h7,13-14,17-18H,5-6,8-12H2,1-4H3,(H,29,30)/t17-,18-/m1/s1. The van der Waals surface area contributed by atoms with Crippen LogP contribution in [0.2, 0.25) is 0 Å². The third-order valence-corrected chi connectivity index (χ3v) is 6.80. The summed E-state index contributed by atoms with van der Waals surface area (Å²) < 4.78 is 36.6. The zero-order chi connectivity index (χ0) is 25.3. The lowest BCUT2D eigenvalue weighted by atomic mass is 9.67. The van der Waals surface area contributed by atoms with Crippen LogP contribution in [0.4, 0.5) is 19.3 Å². The minimum absolute atomic E-state index is 0.0135. The highest BCUT2D eigenvalue weighted by atomic mass is 19.3. The highest BCUT2D eigenvalue weighted by Crippen LogP contribution is 2.55. The highest BCUT2D eigenvalue weighted by molar-refractivity contribution is 5.88. The molecule has 0 unspecified atom stereocenters. The molecule has 0 spiro atoms. The first-order chi connectivity index (χ1) is 15.9. The Balaban J connectivity index is 2.19. The van der Waals surface area contributed by atoms with E-state index in [0.717, 1.165) is 10.5 Å². The van der Waals surface area contributed by atoms with Gasteiger partial charge in [0.25, 0.3) is 11.0 Å². The van der Waals surface area contributed by atoms with Gasteiger partial charge in [0.1, 0.15) is 18.0 Å². The second kappa shape index (κ2) is 9.76. The molecule has 0 radical (unpaired) electrons. The number of hydrogen-bond acceptors (Lipinski definition) is 5. The topological polar surface area (TPSA) is 102 Å². The molecule has 34 heavy (non-hydrogen) atoms. The Hall–Kier alpha value is -2.91. The molecule has 1 amide bonds. The first-order valence-corrected chi connectivity index (χ1v) is 11.6. The summed E-state index contributed by atoms with van der Waals surface area (Å²) in [5.74, 6) is -3.07. The van der Waals surface area contributed by atoms with Gasteiger partial charge in [-0.15, -0.1) is 10.1 Å². The molecular formula is C24H32F2N2O6. The van der Waals surface area contributed by atoms with Crippen molar-refractivity contribution in [1.82, 2.24) is 0 Å². The van der Waals surface area contributed by atoms with Gasteiger partial charge in [0.15, 0.2) is 0 Å². The molecule has 1 aliphatic heterocycles. The minimum atomic E-state index is -3.19. The normalized spacial score (nSPS) is 20.9. The van der Waals surface area contributed by atoms with Gasteiger partial charge in [0.2, 0.25) is 0 Å². The number of alkyl halides is 2. The van der Waals surface area contributed by atoms with Crippen LogP contribution in [0.15, 0.2) is 23.8 Å². The number of carbonyl (C=O) groups is 1. The molecule has 188 valence electrons. The molecule has 10 heteroatoms. The average molecular weight is 483 g/mol. The average Bonchev–Trinajstić information content (AvgIpc) is 2.73. The predicted octanol–water partition coefficient (Wildman–Crippen LogP) is 6.27. The summed E-state index contributed by atoms with van der Waals surface area (Å²) in [6.45, 7) is 6.74. The Morgan fingerprint density at radius 3 is 2.74 bits per heavy atom. The summed E-state index contributed by atoms with van der Waals surface area (Å²) in [4.78, 5) is 28.0. The number of fused-ring (bicyclic) bond motifs is 3. The van der Waals surface area contributed by atoms with Gasteiger partial charge in [0.05, 0.1) is 12.2 Å². The Labute approximate surface area is 197 Å². The molecule has 1 N–H and O–H groups in total. The SMILES string of the molecule is CCCCC(F)(F)c1cc2c(c(N(CCO[N+](=O)[O-])C(=O)O)c1)[C@@H]1CC(C)=CC[C@H]1C(C)(C)O2. The Bertz CT molecular complexity index is 978. The van der Waals surface area contributed by atoms with Crippen LogP contribution in [0.3, 0.4) is 0 Å². The van der Waals surface area contributed by atoms with Crippen LogP contribution >= 0.6 is 0 Å². The number of anilines is 1. The van der Waals surface area contributed by atoms with Gasteiger partial charge >= 0.3 is 6.09 Å². The van der Waals surface area contributed by atoms with Crippen molar-refractivity contribution in [2.45, 2.75) is 77.2 Å². The van der Waals surface area contributed by atoms with Gasteiger partial charge in [-0.05, 0) is 52.2 Å². The second-order valence-corrected chi connectivity index (χ2v) is 9.62. The van der Waals surface area contributed by atoms with Crippen LogP contribution in [-0.4, -0.2) is 35.0 Å².